The second-order valence-electron chi connectivity index (χ2n) is 2.09. The van der Waals surface area contributed by atoms with Crippen LogP contribution in [0.2, 0.25) is 0 Å². The molecule has 0 bridgehead atoms. The average molecular weight is 325 g/mol. The lowest BCUT2D eigenvalue weighted by Gasteiger charge is -2.08. The fraction of sp³-hybridized carbons (Fsp3) is 0.167. The van der Waals surface area contributed by atoms with Crippen LogP contribution in [0.1, 0.15) is 0 Å². The SMILES string of the molecule is Fc1c(I)cnc(OC(F)(F)F)c1F. The van der Waals surface area contributed by atoms with E-state index in [4.69, 9.17) is 0 Å². The number of alkyl halides is 3. The molecule has 0 spiro atoms. The number of aromatic nitrogens is 1. The number of hydrogen-bond donors (Lipinski definition) is 0. The zero-order valence-electron chi connectivity index (χ0n) is 6.20. The molecule has 0 atom stereocenters. The summed E-state index contributed by atoms with van der Waals surface area (Å²) in [6.45, 7) is 0. The molecule has 0 saturated carbocycles. The van der Waals surface area contributed by atoms with Gasteiger partial charge in [-0.2, -0.15) is 4.39 Å². The van der Waals surface area contributed by atoms with E-state index in [1.807, 2.05) is 0 Å². The van der Waals surface area contributed by atoms with Gasteiger partial charge in [0.1, 0.15) is 0 Å². The third-order valence-corrected chi connectivity index (χ3v) is 1.85. The minimum atomic E-state index is -5.09. The van der Waals surface area contributed by atoms with Crippen LogP contribution < -0.4 is 4.74 Å². The first-order valence-electron chi connectivity index (χ1n) is 3.06. The summed E-state index contributed by atoms with van der Waals surface area (Å²) in [6.07, 6.45) is -4.35. The second-order valence-corrected chi connectivity index (χ2v) is 3.25. The van der Waals surface area contributed by atoms with E-state index >= 15 is 0 Å². The molecular formula is C6HF5INO. The molecule has 1 aromatic heterocycles. The number of nitrogens with zero attached hydrogens (tertiary/aromatic N) is 1. The Kier molecular flexibility index (Phi) is 3.12. The predicted molar refractivity (Wildman–Crippen MR) is 43.6 cm³/mol. The van der Waals surface area contributed by atoms with Gasteiger partial charge in [0.05, 0.1) is 3.57 Å². The quantitative estimate of drug-likeness (QED) is 0.585. The molecule has 0 radical (unpaired) electrons. The van der Waals surface area contributed by atoms with Gasteiger partial charge in [-0.15, -0.1) is 13.2 Å². The summed E-state index contributed by atoms with van der Waals surface area (Å²) < 4.78 is 63.1. The van der Waals surface area contributed by atoms with Crippen LogP contribution in [-0.2, 0) is 0 Å². The monoisotopic (exact) mass is 325 g/mol. The molecule has 0 aromatic carbocycles. The molecule has 1 heterocycles. The maximum atomic E-state index is 12.7. The Morgan fingerprint density at radius 2 is 1.79 bits per heavy atom. The minimum Gasteiger partial charge on any atom is -0.385 e. The average Bonchev–Trinajstić information content (AvgIpc) is 2.04. The van der Waals surface area contributed by atoms with Crippen LogP contribution in [-0.4, -0.2) is 11.3 Å². The molecule has 0 saturated heterocycles. The highest BCUT2D eigenvalue weighted by Crippen LogP contribution is 2.26. The van der Waals surface area contributed by atoms with Crippen LogP contribution in [0.4, 0.5) is 22.0 Å². The van der Waals surface area contributed by atoms with Gasteiger partial charge in [-0.05, 0) is 22.6 Å². The first-order valence-corrected chi connectivity index (χ1v) is 4.14. The van der Waals surface area contributed by atoms with Crippen molar-refractivity contribution in [3.05, 3.63) is 21.4 Å². The maximum Gasteiger partial charge on any atom is 0.574 e. The molecule has 14 heavy (non-hydrogen) atoms. The summed E-state index contributed by atoms with van der Waals surface area (Å²) in [5.74, 6) is -4.59. The van der Waals surface area contributed by atoms with Crippen molar-refractivity contribution >= 4 is 22.6 Å². The van der Waals surface area contributed by atoms with Gasteiger partial charge >= 0.3 is 6.36 Å². The van der Waals surface area contributed by atoms with Crippen molar-refractivity contribution < 1.29 is 26.7 Å². The highest BCUT2D eigenvalue weighted by atomic mass is 127. The van der Waals surface area contributed by atoms with Gasteiger partial charge in [-0.3, -0.25) is 0 Å². The number of rotatable bonds is 1. The van der Waals surface area contributed by atoms with Crippen molar-refractivity contribution in [2.45, 2.75) is 6.36 Å². The van der Waals surface area contributed by atoms with E-state index in [2.05, 4.69) is 9.72 Å². The van der Waals surface area contributed by atoms with Crippen molar-refractivity contribution in [3.63, 3.8) is 0 Å². The Morgan fingerprint density at radius 3 is 2.29 bits per heavy atom. The minimum absolute atomic E-state index is 0.227. The summed E-state index contributed by atoms with van der Waals surface area (Å²) in [7, 11) is 0. The molecule has 1 rings (SSSR count). The zero-order valence-corrected chi connectivity index (χ0v) is 8.36. The topological polar surface area (TPSA) is 22.1 Å². The molecule has 0 aliphatic rings. The van der Waals surface area contributed by atoms with E-state index in [0.717, 1.165) is 6.20 Å². The number of ether oxygens (including phenoxy) is 1. The van der Waals surface area contributed by atoms with Gasteiger partial charge in [0.2, 0.25) is 5.82 Å². The predicted octanol–water partition coefficient (Wildman–Crippen LogP) is 2.86. The molecule has 0 unspecified atom stereocenters. The Morgan fingerprint density at radius 1 is 1.21 bits per heavy atom. The fourth-order valence-electron chi connectivity index (χ4n) is 0.608. The lowest BCUT2D eigenvalue weighted by molar-refractivity contribution is -0.277. The molecule has 2 nitrogen and oxygen atoms in total. The summed E-state index contributed by atoms with van der Waals surface area (Å²) in [6, 6.07) is 0. The van der Waals surface area contributed by atoms with E-state index in [0.29, 0.717) is 0 Å². The van der Waals surface area contributed by atoms with Crippen molar-refractivity contribution in [2.75, 3.05) is 0 Å². The standard InChI is InChI=1S/C6HF5INO/c7-3-2(12)1-13-5(4(3)8)14-6(9,10)11/h1H. The molecule has 0 fully saturated rings. The summed E-state index contributed by atoms with van der Waals surface area (Å²) in [4.78, 5) is 2.96. The van der Waals surface area contributed by atoms with Crippen molar-refractivity contribution in [1.29, 1.82) is 0 Å². The molecule has 0 aliphatic carbocycles. The molecule has 8 heteroatoms. The van der Waals surface area contributed by atoms with Crippen LogP contribution in [0.5, 0.6) is 5.88 Å². The first-order chi connectivity index (χ1) is 6.31. The number of hydrogen-bond acceptors (Lipinski definition) is 2. The van der Waals surface area contributed by atoms with Gasteiger partial charge in [-0.25, -0.2) is 9.37 Å². The van der Waals surface area contributed by atoms with E-state index in [9.17, 15) is 22.0 Å². The summed E-state index contributed by atoms with van der Waals surface area (Å²) >= 11 is 1.39. The number of halogens is 6. The van der Waals surface area contributed by atoms with Gasteiger partial charge in [0.25, 0.3) is 5.88 Å². The van der Waals surface area contributed by atoms with Crippen LogP contribution >= 0.6 is 22.6 Å². The van der Waals surface area contributed by atoms with Crippen LogP contribution in [0.25, 0.3) is 0 Å². The summed E-state index contributed by atoms with van der Waals surface area (Å²) in [5.41, 5.74) is 0. The summed E-state index contributed by atoms with van der Waals surface area (Å²) in [5, 5.41) is 0. The van der Waals surface area contributed by atoms with Crippen molar-refractivity contribution in [2.24, 2.45) is 0 Å². The van der Waals surface area contributed by atoms with E-state index < -0.39 is 23.9 Å². The molecule has 1 aromatic rings. The van der Waals surface area contributed by atoms with Gasteiger partial charge in [0.15, 0.2) is 5.82 Å². The highest BCUT2D eigenvalue weighted by molar-refractivity contribution is 14.1. The lowest BCUT2D eigenvalue weighted by Crippen LogP contribution is -2.19. The Labute approximate surface area is 88.2 Å². The molecule has 0 N–H and O–H groups in total. The zero-order chi connectivity index (χ0) is 10.9. The highest BCUT2D eigenvalue weighted by Gasteiger charge is 2.34. The third-order valence-electron chi connectivity index (χ3n) is 1.10. The van der Waals surface area contributed by atoms with Crippen LogP contribution in [0.15, 0.2) is 6.20 Å². The molecule has 0 aliphatic heterocycles. The lowest BCUT2D eigenvalue weighted by atomic mass is 10.4. The van der Waals surface area contributed by atoms with Crippen LogP contribution in [0, 0.1) is 15.2 Å². The second kappa shape index (κ2) is 3.83. The largest absolute Gasteiger partial charge is 0.574 e. The molecular weight excluding hydrogens is 324 g/mol. The van der Waals surface area contributed by atoms with Crippen molar-refractivity contribution in [3.8, 4) is 5.88 Å². The van der Waals surface area contributed by atoms with E-state index in [1.165, 1.54) is 22.6 Å². The van der Waals surface area contributed by atoms with Crippen LogP contribution in [0.3, 0.4) is 0 Å². The Bertz CT molecular complexity index is 353. The third kappa shape index (κ3) is 2.66. The first kappa shape index (κ1) is 11.4. The van der Waals surface area contributed by atoms with Crippen molar-refractivity contribution in [1.82, 2.24) is 4.98 Å². The Hall–Kier alpha value is -0.670. The van der Waals surface area contributed by atoms with Gasteiger partial charge < -0.3 is 4.74 Å². The molecule has 78 valence electrons. The van der Waals surface area contributed by atoms with E-state index in [-0.39, 0.29) is 3.57 Å². The van der Waals surface area contributed by atoms with Gasteiger partial charge in [-0.1, -0.05) is 0 Å². The maximum absolute atomic E-state index is 12.7. The molecule has 0 amide bonds. The van der Waals surface area contributed by atoms with Gasteiger partial charge in [0, 0.05) is 6.20 Å². The fourth-order valence-corrected chi connectivity index (χ4v) is 0.984. The van der Waals surface area contributed by atoms with E-state index in [1.54, 1.807) is 0 Å². The Balaban J connectivity index is 3.06. The normalized spacial score (nSPS) is 11.6. The number of pyridine rings is 1. The smallest absolute Gasteiger partial charge is 0.385 e.